The number of aromatic nitrogens is 2. The van der Waals surface area contributed by atoms with Gasteiger partial charge in [-0.25, -0.2) is 14.6 Å². The second-order valence-electron chi connectivity index (χ2n) is 6.23. The number of rotatable bonds is 9. The highest BCUT2D eigenvalue weighted by Gasteiger charge is 2.15. The van der Waals surface area contributed by atoms with Gasteiger partial charge in [-0.1, -0.05) is 50.6 Å². The van der Waals surface area contributed by atoms with Gasteiger partial charge in [0.1, 0.15) is 11.5 Å². The molecule has 0 spiro atoms. The first-order valence-electron chi connectivity index (χ1n) is 9.18. The van der Waals surface area contributed by atoms with Crippen LogP contribution < -0.4 is 5.73 Å². The van der Waals surface area contributed by atoms with Gasteiger partial charge in [0.05, 0.1) is 11.7 Å². The monoisotopic (exact) mass is 393 g/mol. The number of carboxylic acids is 2. The molecule has 9 heteroatoms. The van der Waals surface area contributed by atoms with Crippen LogP contribution in [-0.4, -0.2) is 37.4 Å². The first-order valence-corrected chi connectivity index (χ1v) is 9.18. The molecule has 0 fully saturated rings. The summed E-state index contributed by atoms with van der Waals surface area (Å²) in [6.07, 6.45) is 8.96. The summed E-state index contributed by atoms with van der Waals surface area (Å²) >= 11 is 0. The summed E-state index contributed by atoms with van der Waals surface area (Å²) in [6.45, 7) is 2.21. The van der Waals surface area contributed by atoms with Crippen LogP contribution in [0.3, 0.4) is 0 Å². The molecule has 1 atom stereocenters. The van der Waals surface area contributed by atoms with Crippen LogP contribution in [0.5, 0.6) is 0 Å². The van der Waals surface area contributed by atoms with E-state index in [0.29, 0.717) is 29.3 Å². The third kappa shape index (κ3) is 8.17. The summed E-state index contributed by atoms with van der Waals surface area (Å²) in [5, 5.41) is 28.9. The topological polar surface area (TPSA) is 160 Å². The Morgan fingerprint density at radius 1 is 1.14 bits per heavy atom. The van der Waals surface area contributed by atoms with E-state index >= 15 is 0 Å². The Morgan fingerprint density at radius 3 is 2.39 bits per heavy atom. The summed E-state index contributed by atoms with van der Waals surface area (Å²) in [5.41, 5.74) is 7.08. The van der Waals surface area contributed by atoms with Crippen molar-refractivity contribution in [1.82, 2.24) is 10.1 Å². The molecule has 0 aliphatic heterocycles. The molecular formula is C19H27N3O6. The summed E-state index contributed by atoms with van der Waals surface area (Å²) < 4.78 is 5.28. The van der Waals surface area contributed by atoms with E-state index in [-0.39, 0.29) is 0 Å². The van der Waals surface area contributed by atoms with Crippen molar-refractivity contribution in [3.8, 4) is 11.3 Å². The lowest BCUT2D eigenvalue weighted by Gasteiger charge is -2.06. The first-order chi connectivity index (χ1) is 13.4. The van der Waals surface area contributed by atoms with E-state index in [2.05, 4.69) is 17.1 Å². The van der Waals surface area contributed by atoms with Crippen molar-refractivity contribution in [3.63, 3.8) is 0 Å². The number of aliphatic hydroxyl groups is 1. The Balaban J connectivity index is 0.000000568. The van der Waals surface area contributed by atoms with Gasteiger partial charge in [-0.2, -0.15) is 0 Å². The number of nitrogen functional groups attached to an aromatic ring is 1. The number of pyridine rings is 1. The Labute approximate surface area is 163 Å². The molecule has 28 heavy (non-hydrogen) atoms. The molecule has 0 aliphatic carbocycles. The lowest BCUT2D eigenvalue weighted by Crippen LogP contribution is -2.09. The van der Waals surface area contributed by atoms with E-state index in [1.54, 1.807) is 18.3 Å². The van der Waals surface area contributed by atoms with Crippen LogP contribution in [0.25, 0.3) is 11.3 Å². The summed E-state index contributed by atoms with van der Waals surface area (Å²) in [6, 6.07) is 5.36. The fraction of sp³-hybridized carbons (Fsp3) is 0.474. The van der Waals surface area contributed by atoms with Crippen LogP contribution >= 0.6 is 0 Å². The van der Waals surface area contributed by atoms with Crippen molar-refractivity contribution >= 4 is 17.8 Å². The predicted molar refractivity (Wildman–Crippen MR) is 102 cm³/mol. The molecule has 9 nitrogen and oxygen atoms in total. The molecule has 2 aromatic rings. The Kier molecular flexibility index (Phi) is 10.3. The third-order valence-corrected chi connectivity index (χ3v) is 3.99. The van der Waals surface area contributed by atoms with Crippen molar-refractivity contribution in [1.29, 1.82) is 0 Å². The average Bonchev–Trinajstić information content (AvgIpc) is 3.15. The number of anilines is 1. The number of aliphatic carboxylic acids is 2. The second-order valence-corrected chi connectivity index (χ2v) is 6.23. The largest absolute Gasteiger partial charge is 0.473 e. The quantitative estimate of drug-likeness (QED) is 0.370. The molecule has 0 saturated carbocycles. The van der Waals surface area contributed by atoms with Crippen molar-refractivity contribution in [2.45, 2.75) is 58.0 Å². The van der Waals surface area contributed by atoms with Crippen LogP contribution in [0.1, 0.15) is 63.7 Å². The average molecular weight is 393 g/mol. The second kappa shape index (κ2) is 12.4. The number of nitrogens with two attached hydrogens (primary N) is 1. The zero-order valence-electron chi connectivity index (χ0n) is 15.9. The molecule has 154 valence electrons. The van der Waals surface area contributed by atoms with E-state index in [0.717, 1.165) is 12.8 Å². The number of hydrogen-bond acceptors (Lipinski definition) is 7. The minimum Gasteiger partial charge on any atom is -0.473 e. The zero-order chi connectivity index (χ0) is 20.9. The van der Waals surface area contributed by atoms with Crippen molar-refractivity contribution < 1.29 is 29.4 Å². The number of aliphatic hydroxyl groups excluding tert-OH is 1. The maximum atomic E-state index is 10.2. The molecule has 2 aromatic heterocycles. The Hall–Kier alpha value is -2.94. The highest BCUT2D eigenvalue weighted by atomic mass is 16.5. The molecule has 2 heterocycles. The predicted octanol–water partition coefficient (Wildman–Crippen LogP) is 3.26. The highest BCUT2D eigenvalue weighted by molar-refractivity contribution is 6.27. The van der Waals surface area contributed by atoms with E-state index in [4.69, 9.17) is 30.1 Å². The Bertz CT molecular complexity index is 735. The molecule has 5 N–H and O–H groups in total. The van der Waals surface area contributed by atoms with Crippen LogP contribution in [-0.2, 0) is 9.59 Å². The summed E-state index contributed by atoms with van der Waals surface area (Å²) in [5.74, 6) is -2.71. The molecule has 0 saturated heterocycles. The van der Waals surface area contributed by atoms with Crippen LogP contribution in [0.15, 0.2) is 28.9 Å². The van der Waals surface area contributed by atoms with E-state index in [1.165, 1.54) is 25.7 Å². The molecule has 2 rings (SSSR count). The minimum absolute atomic E-state index is 0.399. The molecule has 1 unspecified atom stereocenters. The maximum Gasteiger partial charge on any atom is 0.414 e. The van der Waals surface area contributed by atoms with Crippen LogP contribution in [0.4, 0.5) is 5.82 Å². The number of carboxylic acid groups (broad SMARTS) is 2. The molecule has 0 amide bonds. The molecule has 0 bridgehead atoms. The highest BCUT2D eigenvalue weighted by Crippen LogP contribution is 2.28. The van der Waals surface area contributed by atoms with Gasteiger partial charge < -0.3 is 25.6 Å². The van der Waals surface area contributed by atoms with Gasteiger partial charge in [0.2, 0.25) is 0 Å². The van der Waals surface area contributed by atoms with E-state index in [1.807, 2.05) is 6.07 Å². The van der Waals surface area contributed by atoms with Gasteiger partial charge in [0, 0.05) is 12.3 Å². The fourth-order valence-electron chi connectivity index (χ4n) is 2.46. The van der Waals surface area contributed by atoms with Gasteiger partial charge >= 0.3 is 11.9 Å². The van der Waals surface area contributed by atoms with Gasteiger partial charge in [0.15, 0.2) is 5.76 Å². The SMILES string of the molecule is CCCCCCCCC(O)c1cc(-c2cccnc2N)on1.O=C(O)C(=O)O. The minimum atomic E-state index is -1.82. The van der Waals surface area contributed by atoms with Gasteiger partial charge in [-0.05, 0) is 18.6 Å². The molecule has 0 radical (unpaired) electrons. The Morgan fingerprint density at radius 2 is 1.79 bits per heavy atom. The third-order valence-electron chi connectivity index (χ3n) is 3.99. The van der Waals surface area contributed by atoms with Gasteiger partial charge in [0.25, 0.3) is 0 Å². The molecule has 0 aromatic carbocycles. The lowest BCUT2D eigenvalue weighted by atomic mass is 10.0. The summed E-state index contributed by atoms with van der Waals surface area (Å²) in [7, 11) is 0. The molecule has 0 aliphatic rings. The van der Waals surface area contributed by atoms with E-state index < -0.39 is 18.0 Å². The lowest BCUT2D eigenvalue weighted by molar-refractivity contribution is -0.159. The van der Waals surface area contributed by atoms with Crippen LogP contribution in [0, 0.1) is 0 Å². The zero-order valence-corrected chi connectivity index (χ0v) is 15.9. The molecular weight excluding hydrogens is 366 g/mol. The smallest absolute Gasteiger partial charge is 0.414 e. The van der Waals surface area contributed by atoms with Gasteiger partial charge in [-0.3, -0.25) is 0 Å². The van der Waals surface area contributed by atoms with Crippen LogP contribution in [0.2, 0.25) is 0 Å². The van der Waals surface area contributed by atoms with Crippen molar-refractivity contribution in [2.75, 3.05) is 5.73 Å². The number of carbonyl (C=O) groups is 2. The van der Waals surface area contributed by atoms with E-state index in [9.17, 15) is 5.11 Å². The standard InChI is InChI=1S/C17H25N3O2.C2H2O4/c1-2-3-4-5-6-7-10-15(21)14-12-16(22-20-14)13-9-8-11-19-17(13)18;3-1(4)2(5)6/h8-9,11-12,15,21H,2-7,10H2,1H3,(H2,18,19);(H,3,4)(H,5,6). The normalized spacial score (nSPS) is 11.4. The number of nitrogens with zero attached hydrogens (tertiary/aromatic N) is 2. The van der Waals surface area contributed by atoms with Gasteiger partial charge in [-0.15, -0.1) is 0 Å². The first kappa shape index (κ1) is 23.1. The fourth-order valence-corrected chi connectivity index (χ4v) is 2.46. The number of unbranched alkanes of at least 4 members (excludes halogenated alkanes) is 5. The maximum absolute atomic E-state index is 10.2. The van der Waals surface area contributed by atoms with Crippen molar-refractivity contribution in [2.24, 2.45) is 0 Å². The van der Waals surface area contributed by atoms with Crippen molar-refractivity contribution in [3.05, 3.63) is 30.1 Å². The summed E-state index contributed by atoms with van der Waals surface area (Å²) in [4.78, 5) is 22.2. The number of hydrogen-bond donors (Lipinski definition) is 4.